The molecule has 0 saturated carbocycles. The van der Waals surface area contributed by atoms with Crippen molar-refractivity contribution in [1.29, 1.82) is 0 Å². The van der Waals surface area contributed by atoms with Crippen LogP contribution in [0.1, 0.15) is 38.4 Å². The van der Waals surface area contributed by atoms with Crippen molar-refractivity contribution in [3.05, 3.63) is 12.0 Å². The first kappa shape index (κ1) is 14.9. The molecule has 23 heavy (non-hydrogen) atoms. The van der Waals surface area contributed by atoms with Gasteiger partial charge in [-0.15, -0.1) is 0 Å². The number of likely N-dealkylation sites (N-methyl/N-ethyl adjacent to an activating group) is 1. The molecule has 2 aromatic rings. The van der Waals surface area contributed by atoms with Crippen molar-refractivity contribution >= 4 is 16.9 Å². The molecule has 2 aromatic heterocycles. The van der Waals surface area contributed by atoms with Crippen molar-refractivity contribution in [3.8, 4) is 0 Å². The van der Waals surface area contributed by atoms with Crippen LogP contribution in [0.3, 0.4) is 0 Å². The standard InChI is InChI=1S/C17H26N6/c1-4-5-15-19-16-14(10-18-22(16)3)17(20-15)23-9-8-12-6-7-13(11-23)21(12)2/h10,12-13H,4-9,11H2,1-3H3/t12-,13+/m1/s1. The normalized spacial score (nSPS) is 25.3. The van der Waals surface area contributed by atoms with E-state index in [-0.39, 0.29) is 0 Å². The molecule has 0 N–H and O–H groups in total. The molecule has 2 bridgehead atoms. The van der Waals surface area contributed by atoms with Gasteiger partial charge in [-0.25, -0.2) is 9.97 Å². The summed E-state index contributed by atoms with van der Waals surface area (Å²) in [4.78, 5) is 14.7. The van der Waals surface area contributed by atoms with Gasteiger partial charge in [-0.1, -0.05) is 6.92 Å². The Morgan fingerprint density at radius 3 is 2.78 bits per heavy atom. The SMILES string of the molecule is CCCc1nc(N2CC[C@H]3CC[C@@H](C2)N3C)c2cnn(C)c2n1. The lowest BCUT2D eigenvalue weighted by Crippen LogP contribution is -2.37. The van der Waals surface area contributed by atoms with Crippen LogP contribution in [0.4, 0.5) is 5.82 Å². The third-order valence-electron chi connectivity index (χ3n) is 5.54. The Balaban J connectivity index is 1.75. The summed E-state index contributed by atoms with van der Waals surface area (Å²) >= 11 is 0. The van der Waals surface area contributed by atoms with Crippen molar-refractivity contribution in [1.82, 2.24) is 24.6 Å². The minimum atomic E-state index is 0.652. The Hall–Kier alpha value is -1.69. The quantitative estimate of drug-likeness (QED) is 0.867. The zero-order valence-corrected chi connectivity index (χ0v) is 14.4. The Morgan fingerprint density at radius 1 is 1.13 bits per heavy atom. The van der Waals surface area contributed by atoms with Gasteiger partial charge in [-0.2, -0.15) is 5.10 Å². The predicted molar refractivity (Wildman–Crippen MR) is 91.7 cm³/mol. The molecular weight excluding hydrogens is 288 g/mol. The van der Waals surface area contributed by atoms with Gasteiger partial charge in [0.1, 0.15) is 11.6 Å². The van der Waals surface area contributed by atoms with E-state index in [1.54, 1.807) is 0 Å². The summed E-state index contributed by atoms with van der Waals surface area (Å²) in [6.45, 7) is 4.33. The average molecular weight is 314 g/mol. The summed E-state index contributed by atoms with van der Waals surface area (Å²) in [5.41, 5.74) is 0.959. The molecular formula is C17H26N6. The number of anilines is 1. The first-order chi connectivity index (χ1) is 11.2. The van der Waals surface area contributed by atoms with Gasteiger partial charge in [-0.3, -0.25) is 9.58 Å². The third kappa shape index (κ3) is 2.49. The van der Waals surface area contributed by atoms with E-state index in [4.69, 9.17) is 9.97 Å². The second kappa shape index (κ2) is 5.74. The van der Waals surface area contributed by atoms with Gasteiger partial charge in [-0.05, 0) is 32.7 Å². The highest BCUT2D eigenvalue weighted by Gasteiger charge is 2.35. The zero-order valence-electron chi connectivity index (χ0n) is 14.4. The zero-order chi connectivity index (χ0) is 16.0. The Labute approximate surface area is 137 Å². The van der Waals surface area contributed by atoms with Gasteiger partial charge in [0.15, 0.2) is 5.65 Å². The molecule has 6 heteroatoms. The highest BCUT2D eigenvalue weighted by molar-refractivity contribution is 5.87. The minimum Gasteiger partial charge on any atom is -0.354 e. The van der Waals surface area contributed by atoms with Crippen LogP contribution in [0.2, 0.25) is 0 Å². The topological polar surface area (TPSA) is 50.1 Å². The van der Waals surface area contributed by atoms with E-state index in [2.05, 4.69) is 28.9 Å². The van der Waals surface area contributed by atoms with E-state index in [1.807, 2.05) is 17.9 Å². The van der Waals surface area contributed by atoms with Crippen LogP contribution in [0.15, 0.2) is 6.20 Å². The van der Waals surface area contributed by atoms with Crippen LogP contribution in [0.25, 0.3) is 11.0 Å². The first-order valence-electron chi connectivity index (χ1n) is 8.83. The molecule has 2 saturated heterocycles. The summed E-state index contributed by atoms with van der Waals surface area (Å²) in [5.74, 6) is 2.04. The molecule has 0 aliphatic carbocycles. The van der Waals surface area contributed by atoms with Gasteiger partial charge >= 0.3 is 0 Å². The third-order valence-corrected chi connectivity index (χ3v) is 5.54. The number of hydrogen-bond acceptors (Lipinski definition) is 5. The first-order valence-corrected chi connectivity index (χ1v) is 8.83. The van der Waals surface area contributed by atoms with Crippen LogP contribution >= 0.6 is 0 Å². The van der Waals surface area contributed by atoms with Crippen LogP contribution in [-0.4, -0.2) is 56.9 Å². The van der Waals surface area contributed by atoms with E-state index in [1.165, 1.54) is 19.3 Å². The maximum atomic E-state index is 4.92. The number of rotatable bonds is 3. The second-order valence-corrected chi connectivity index (χ2v) is 7.00. The lowest BCUT2D eigenvalue weighted by Gasteiger charge is -2.27. The van der Waals surface area contributed by atoms with Gasteiger partial charge in [0.2, 0.25) is 0 Å². The fourth-order valence-electron chi connectivity index (χ4n) is 4.13. The van der Waals surface area contributed by atoms with Gasteiger partial charge < -0.3 is 4.90 Å². The maximum absolute atomic E-state index is 4.92. The van der Waals surface area contributed by atoms with E-state index in [0.717, 1.165) is 54.6 Å². The molecule has 6 nitrogen and oxygen atoms in total. The van der Waals surface area contributed by atoms with Crippen molar-refractivity contribution in [2.45, 2.75) is 51.1 Å². The summed E-state index contributed by atoms with van der Waals surface area (Å²) in [7, 11) is 4.25. The largest absolute Gasteiger partial charge is 0.354 e. The fraction of sp³-hybridized carbons (Fsp3) is 0.706. The second-order valence-electron chi connectivity index (χ2n) is 7.00. The lowest BCUT2D eigenvalue weighted by atomic mass is 10.1. The molecule has 2 aliphatic heterocycles. The number of hydrogen-bond donors (Lipinski definition) is 0. The van der Waals surface area contributed by atoms with Crippen molar-refractivity contribution in [2.24, 2.45) is 7.05 Å². The minimum absolute atomic E-state index is 0.652. The average Bonchev–Trinajstić information content (AvgIpc) is 3.00. The molecule has 2 aliphatic rings. The summed E-state index contributed by atoms with van der Waals surface area (Å²) in [6.07, 6.45) is 7.79. The van der Waals surface area contributed by atoms with Crippen LogP contribution in [0.5, 0.6) is 0 Å². The van der Waals surface area contributed by atoms with E-state index in [9.17, 15) is 0 Å². The molecule has 0 aromatic carbocycles. The Kier molecular flexibility index (Phi) is 3.71. The van der Waals surface area contributed by atoms with Gasteiger partial charge in [0, 0.05) is 38.6 Å². The number of fused-ring (bicyclic) bond motifs is 3. The molecule has 4 rings (SSSR count). The van der Waals surface area contributed by atoms with E-state index >= 15 is 0 Å². The van der Waals surface area contributed by atoms with Crippen molar-refractivity contribution in [3.63, 3.8) is 0 Å². The molecule has 0 amide bonds. The van der Waals surface area contributed by atoms with Crippen LogP contribution in [-0.2, 0) is 13.5 Å². The number of aromatic nitrogens is 4. The highest BCUT2D eigenvalue weighted by Crippen LogP contribution is 2.32. The highest BCUT2D eigenvalue weighted by atomic mass is 15.3. The smallest absolute Gasteiger partial charge is 0.163 e. The van der Waals surface area contributed by atoms with Crippen LogP contribution in [0, 0.1) is 0 Å². The van der Waals surface area contributed by atoms with Crippen LogP contribution < -0.4 is 4.90 Å². The Bertz CT molecular complexity index is 708. The maximum Gasteiger partial charge on any atom is 0.163 e. The molecule has 0 unspecified atom stereocenters. The monoisotopic (exact) mass is 314 g/mol. The summed E-state index contributed by atoms with van der Waals surface area (Å²) in [5, 5.41) is 5.51. The molecule has 0 spiro atoms. The molecule has 2 atom stereocenters. The fourth-order valence-corrected chi connectivity index (χ4v) is 4.13. The predicted octanol–water partition coefficient (Wildman–Crippen LogP) is 1.99. The van der Waals surface area contributed by atoms with E-state index < -0.39 is 0 Å². The summed E-state index contributed by atoms with van der Waals surface area (Å²) < 4.78 is 1.87. The molecule has 0 radical (unpaired) electrons. The summed E-state index contributed by atoms with van der Waals surface area (Å²) in [6, 6.07) is 1.39. The molecule has 124 valence electrons. The van der Waals surface area contributed by atoms with Gasteiger partial charge in [0.25, 0.3) is 0 Å². The van der Waals surface area contributed by atoms with Gasteiger partial charge in [0.05, 0.1) is 11.6 Å². The molecule has 2 fully saturated rings. The molecule has 4 heterocycles. The van der Waals surface area contributed by atoms with Crippen molar-refractivity contribution in [2.75, 3.05) is 25.0 Å². The van der Waals surface area contributed by atoms with E-state index in [0.29, 0.717) is 6.04 Å². The van der Waals surface area contributed by atoms with Crippen molar-refractivity contribution < 1.29 is 0 Å². The number of nitrogens with zero attached hydrogens (tertiary/aromatic N) is 6. The number of aryl methyl sites for hydroxylation is 2. The Morgan fingerprint density at radius 2 is 1.96 bits per heavy atom. The lowest BCUT2D eigenvalue weighted by molar-refractivity contribution is 0.254.